The van der Waals surface area contributed by atoms with Crippen LogP contribution in [0.5, 0.6) is 0 Å². The fourth-order valence-electron chi connectivity index (χ4n) is 4.55. The van der Waals surface area contributed by atoms with Crippen LogP contribution in [0.2, 0.25) is 0 Å². The van der Waals surface area contributed by atoms with Crippen LogP contribution in [-0.2, 0) is 6.54 Å². The Morgan fingerprint density at radius 1 is 1.14 bits per heavy atom. The standard InChI is InChI=1S/C28H31FN4O2S/c1-6-14-32(27(34)21-12-10-18(4)11-13-21)24(17(2)3)25-30-26-23(19(5)31-36-26)28(35)33(25)16-20-8-7-9-22(29)15-20/h7-13,15,17,24H,6,14,16H2,1-5H3. The van der Waals surface area contributed by atoms with E-state index in [4.69, 9.17) is 4.98 Å². The summed E-state index contributed by atoms with van der Waals surface area (Å²) in [6, 6.07) is 13.3. The summed E-state index contributed by atoms with van der Waals surface area (Å²) in [5.41, 5.74) is 2.71. The summed E-state index contributed by atoms with van der Waals surface area (Å²) in [7, 11) is 0. The van der Waals surface area contributed by atoms with Gasteiger partial charge in [0.05, 0.1) is 23.7 Å². The SMILES string of the molecule is CCCN(C(=O)c1ccc(C)cc1)C(c1nc2snc(C)c2c(=O)n1Cc1cccc(F)c1)C(C)C. The predicted octanol–water partition coefficient (Wildman–Crippen LogP) is 5.91. The number of benzene rings is 2. The van der Waals surface area contributed by atoms with Crippen molar-refractivity contribution in [2.24, 2.45) is 5.92 Å². The van der Waals surface area contributed by atoms with Crippen LogP contribution in [0.3, 0.4) is 0 Å². The minimum absolute atomic E-state index is 0.0388. The van der Waals surface area contributed by atoms with E-state index in [-0.39, 0.29) is 29.7 Å². The molecule has 0 bridgehead atoms. The Bertz CT molecular complexity index is 1440. The van der Waals surface area contributed by atoms with Crippen LogP contribution >= 0.6 is 11.5 Å². The molecule has 1 atom stereocenters. The summed E-state index contributed by atoms with van der Waals surface area (Å²) in [6.07, 6.45) is 0.747. The van der Waals surface area contributed by atoms with Crippen molar-refractivity contribution < 1.29 is 9.18 Å². The lowest BCUT2D eigenvalue weighted by Crippen LogP contribution is -2.41. The molecule has 0 aliphatic heterocycles. The molecular formula is C28H31FN4O2S. The minimum atomic E-state index is -0.466. The van der Waals surface area contributed by atoms with E-state index in [1.54, 1.807) is 23.6 Å². The molecule has 0 saturated heterocycles. The average Bonchev–Trinajstić information content (AvgIpc) is 3.21. The number of hydrogen-bond acceptors (Lipinski definition) is 5. The first-order valence-electron chi connectivity index (χ1n) is 12.2. The molecule has 4 rings (SSSR count). The van der Waals surface area contributed by atoms with E-state index in [2.05, 4.69) is 4.37 Å². The Morgan fingerprint density at radius 2 is 1.86 bits per heavy atom. The molecule has 0 saturated carbocycles. The van der Waals surface area contributed by atoms with E-state index in [0.29, 0.717) is 39.4 Å². The van der Waals surface area contributed by atoms with Crippen LogP contribution in [0, 0.1) is 25.6 Å². The zero-order chi connectivity index (χ0) is 26.0. The Morgan fingerprint density at radius 3 is 2.50 bits per heavy atom. The summed E-state index contributed by atoms with van der Waals surface area (Å²) in [5.74, 6) is -0.0258. The Balaban J connectivity index is 1.92. The van der Waals surface area contributed by atoms with Crippen LogP contribution in [0.25, 0.3) is 10.2 Å². The Kier molecular flexibility index (Phi) is 7.64. The smallest absolute Gasteiger partial charge is 0.264 e. The summed E-state index contributed by atoms with van der Waals surface area (Å²) >= 11 is 1.18. The molecular weight excluding hydrogens is 475 g/mol. The zero-order valence-corrected chi connectivity index (χ0v) is 22.1. The summed E-state index contributed by atoms with van der Waals surface area (Å²) in [5, 5.41) is 0.467. The molecule has 4 aromatic rings. The van der Waals surface area contributed by atoms with Crippen LogP contribution < -0.4 is 5.56 Å². The van der Waals surface area contributed by atoms with Crippen molar-refractivity contribution in [2.45, 2.75) is 53.6 Å². The van der Waals surface area contributed by atoms with Crippen LogP contribution in [0.1, 0.15) is 66.2 Å². The van der Waals surface area contributed by atoms with Gasteiger partial charge in [0.1, 0.15) is 11.6 Å². The lowest BCUT2D eigenvalue weighted by atomic mass is 9.99. The largest absolute Gasteiger partial charge is 0.328 e. The van der Waals surface area contributed by atoms with Gasteiger partial charge in [-0.1, -0.05) is 50.6 Å². The van der Waals surface area contributed by atoms with Gasteiger partial charge in [0, 0.05) is 12.1 Å². The quantitative estimate of drug-likeness (QED) is 0.298. The number of hydrogen-bond donors (Lipinski definition) is 0. The topological polar surface area (TPSA) is 68.1 Å². The maximum absolute atomic E-state index is 14.0. The van der Waals surface area contributed by atoms with Gasteiger partial charge in [-0.05, 0) is 67.5 Å². The number of aryl methyl sites for hydroxylation is 2. The first kappa shape index (κ1) is 25.7. The number of nitrogens with zero attached hydrogens (tertiary/aromatic N) is 4. The number of fused-ring (bicyclic) bond motifs is 1. The van der Waals surface area contributed by atoms with Crippen LogP contribution in [0.4, 0.5) is 4.39 Å². The van der Waals surface area contributed by atoms with E-state index in [1.807, 2.05) is 56.9 Å². The van der Waals surface area contributed by atoms with Crippen molar-refractivity contribution in [2.75, 3.05) is 6.54 Å². The molecule has 36 heavy (non-hydrogen) atoms. The van der Waals surface area contributed by atoms with Crippen molar-refractivity contribution in [3.05, 3.63) is 92.9 Å². The van der Waals surface area contributed by atoms with Crippen molar-refractivity contribution in [3.63, 3.8) is 0 Å². The van der Waals surface area contributed by atoms with Gasteiger partial charge in [0.2, 0.25) is 0 Å². The molecule has 8 heteroatoms. The lowest BCUT2D eigenvalue weighted by molar-refractivity contribution is 0.0604. The van der Waals surface area contributed by atoms with Crippen molar-refractivity contribution in [3.8, 4) is 0 Å². The number of amides is 1. The van der Waals surface area contributed by atoms with Gasteiger partial charge < -0.3 is 4.90 Å². The fraction of sp³-hybridized carbons (Fsp3) is 0.357. The summed E-state index contributed by atoms with van der Waals surface area (Å²) in [4.78, 5) is 34.9. The maximum Gasteiger partial charge on any atom is 0.264 e. The van der Waals surface area contributed by atoms with E-state index in [1.165, 1.54) is 23.7 Å². The highest BCUT2D eigenvalue weighted by Gasteiger charge is 2.33. The third-order valence-electron chi connectivity index (χ3n) is 6.28. The zero-order valence-electron chi connectivity index (χ0n) is 21.3. The predicted molar refractivity (Wildman–Crippen MR) is 142 cm³/mol. The summed E-state index contributed by atoms with van der Waals surface area (Å²) < 4.78 is 20.0. The second-order valence-corrected chi connectivity index (χ2v) is 10.2. The lowest BCUT2D eigenvalue weighted by Gasteiger charge is -2.35. The average molecular weight is 507 g/mol. The molecule has 1 amide bonds. The van der Waals surface area contributed by atoms with E-state index < -0.39 is 6.04 Å². The van der Waals surface area contributed by atoms with Gasteiger partial charge in [0.25, 0.3) is 11.5 Å². The van der Waals surface area contributed by atoms with Gasteiger partial charge in [-0.25, -0.2) is 9.37 Å². The van der Waals surface area contributed by atoms with Crippen LogP contribution in [0.15, 0.2) is 53.3 Å². The van der Waals surface area contributed by atoms with E-state index >= 15 is 0 Å². The van der Waals surface area contributed by atoms with Crippen LogP contribution in [-0.4, -0.2) is 31.3 Å². The van der Waals surface area contributed by atoms with E-state index in [9.17, 15) is 14.0 Å². The monoisotopic (exact) mass is 506 g/mol. The molecule has 0 aliphatic carbocycles. The number of carbonyl (C=O) groups excluding carboxylic acids is 1. The Hall–Kier alpha value is -3.39. The highest BCUT2D eigenvalue weighted by Crippen LogP contribution is 2.31. The second kappa shape index (κ2) is 10.7. The highest BCUT2D eigenvalue weighted by atomic mass is 32.1. The molecule has 2 aromatic carbocycles. The highest BCUT2D eigenvalue weighted by molar-refractivity contribution is 7.12. The number of carbonyl (C=O) groups is 1. The molecule has 0 N–H and O–H groups in total. The first-order valence-corrected chi connectivity index (χ1v) is 13.0. The van der Waals surface area contributed by atoms with Gasteiger partial charge in [-0.3, -0.25) is 14.2 Å². The number of rotatable bonds is 8. The Labute approximate surface area is 214 Å². The first-order chi connectivity index (χ1) is 17.2. The van der Waals surface area contributed by atoms with Gasteiger partial charge in [-0.15, -0.1) is 0 Å². The molecule has 2 aromatic heterocycles. The fourth-order valence-corrected chi connectivity index (χ4v) is 5.32. The summed E-state index contributed by atoms with van der Waals surface area (Å²) in [6.45, 7) is 10.5. The normalized spacial score (nSPS) is 12.3. The molecule has 0 fully saturated rings. The second-order valence-electron chi connectivity index (χ2n) is 9.49. The minimum Gasteiger partial charge on any atom is -0.328 e. The number of halogens is 1. The van der Waals surface area contributed by atoms with Crippen molar-refractivity contribution >= 4 is 27.7 Å². The molecule has 1 unspecified atom stereocenters. The molecule has 0 spiro atoms. The van der Waals surface area contributed by atoms with Gasteiger partial charge >= 0.3 is 0 Å². The molecule has 6 nitrogen and oxygen atoms in total. The third kappa shape index (κ3) is 5.09. The van der Waals surface area contributed by atoms with Gasteiger partial charge in [-0.2, -0.15) is 4.37 Å². The van der Waals surface area contributed by atoms with E-state index in [0.717, 1.165) is 12.0 Å². The number of aromatic nitrogens is 3. The van der Waals surface area contributed by atoms with Crippen molar-refractivity contribution in [1.29, 1.82) is 0 Å². The molecule has 0 aliphatic rings. The molecule has 2 heterocycles. The molecule has 0 radical (unpaired) electrons. The van der Waals surface area contributed by atoms with Crippen molar-refractivity contribution in [1.82, 2.24) is 18.8 Å². The van der Waals surface area contributed by atoms with Gasteiger partial charge in [0.15, 0.2) is 4.83 Å². The maximum atomic E-state index is 14.0. The molecule has 188 valence electrons. The third-order valence-corrected chi connectivity index (χ3v) is 7.12.